The highest BCUT2D eigenvalue weighted by Gasteiger charge is 2.32. The molecule has 0 saturated carbocycles. The average Bonchev–Trinajstić information content (AvgIpc) is 3.35. The highest BCUT2D eigenvalue weighted by molar-refractivity contribution is 7.89. The van der Waals surface area contributed by atoms with Gasteiger partial charge in [-0.15, -0.1) is 0 Å². The van der Waals surface area contributed by atoms with Crippen LogP contribution >= 0.6 is 0 Å². The molecule has 0 aliphatic carbocycles. The summed E-state index contributed by atoms with van der Waals surface area (Å²) < 4.78 is 45.2. The molecule has 2 heterocycles. The second-order valence-electron chi connectivity index (χ2n) is 11.0. The van der Waals surface area contributed by atoms with E-state index in [4.69, 9.17) is 19.6 Å². The van der Waals surface area contributed by atoms with Crippen molar-refractivity contribution in [3.63, 3.8) is 0 Å². The monoisotopic (exact) mass is 625 g/mol. The number of aliphatic hydroxyl groups is 1. The molecule has 0 bridgehead atoms. The van der Waals surface area contributed by atoms with Crippen molar-refractivity contribution in [2.24, 2.45) is 5.92 Å². The number of aryl methyl sites for hydroxylation is 2. The first-order valence-corrected chi connectivity index (χ1v) is 15.7. The molecule has 0 saturated heterocycles. The Labute approximate surface area is 257 Å². The second-order valence-corrected chi connectivity index (χ2v) is 12.9. The number of alkyl carbamates (subject to hydrolysis) is 1. The molecule has 1 amide bonds. The number of nitrogens with zero attached hydrogens (tertiary/aromatic N) is 3. The number of aliphatic hydroxyl groups excluding tert-OH is 1. The number of nitrogens with one attached hydrogen (secondary N) is 1. The summed E-state index contributed by atoms with van der Waals surface area (Å²) >= 11 is 0. The number of carbonyl (C=O) groups excluding carboxylic acids is 1. The normalized spacial score (nSPS) is 13.2. The van der Waals surface area contributed by atoms with E-state index in [2.05, 4.69) is 15.3 Å². The van der Waals surface area contributed by atoms with Crippen LogP contribution in [0.1, 0.15) is 30.5 Å². The Balaban J connectivity index is 1.47. The zero-order chi connectivity index (χ0) is 31.9. The molecule has 2 aromatic heterocycles. The maximum absolute atomic E-state index is 13.8. The fourth-order valence-electron chi connectivity index (χ4n) is 4.79. The number of fused-ring (bicyclic) bond motifs is 1. The molecule has 44 heavy (non-hydrogen) atoms. The molecule has 4 rings (SSSR count). The Hall–Kier alpha value is -4.20. The van der Waals surface area contributed by atoms with Crippen LogP contribution in [0.25, 0.3) is 11.1 Å². The van der Waals surface area contributed by atoms with Gasteiger partial charge >= 0.3 is 6.09 Å². The predicted octanol–water partition coefficient (Wildman–Crippen LogP) is 3.85. The summed E-state index contributed by atoms with van der Waals surface area (Å²) in [5, 5.41) is 14.1. The minimum Gasteiger partial charge on any atom is -0.489 e. The number of oxazole rings is 1. The summed E-state index contributed by atoms with van der Waals surface area (Å²) in [7, 11) is -4.08. The molecular formula is C31H39N5O7S. The molecule has 236 valence electrons. The van der Waals surface area contributed by atoms with Gasteiger partial charge in [-0.3, -0.25) is 4.98 Å². The third-order valence-corrected chi connectivity index (χ3v) is 8.68. The lowest BCUT2D eigenvalue weighted by molar-refractivity contribution is 0.0844. The van der Waals surface area contributed by atoms with E-state index in [1.54, 1.807) is 12.4 Å². The third-order valence-electron chi connectivity index (χ3n) is 6.86. The van der Waals surface area contributed by atoms with Gasteiger partial charge in [0.1, 0.15) is 24.5 Å². The van der Waals surface area contributed by atoms with Gasteiger partial charge in [0.05, 0.1) is 17.0 Å². The standard InChI is InChI=1S/C31H39N5O7S/c1-20(2)18-36(44(39,40)24-10-11-25-28(15-24)43-30(32)34-25)19-27(37)26(14-23-8-6-5-7-9-23)35-31(38)42-13-12-41-29-21(3)16-33-17-22(29)4/h5-11,15-17,20,26-27,37H,12-14,18-19H2,1-4H3,(H2,32,34)(H,35,38). The number of anilines is 1. The number of hydrogen-bond donors (Lipinski definition) is 3. The van der Waals surface area contributed by atoms with Crippen molar-refractivity contribution in [2.75, 3.05) is 32.0 Å². The Kier molecular flexibility index (Phi) is 10.8. The van der Waals surface area contributed by atoms with Gasteiger partial charge < -0.3 is 30.0 Å². The lowest BCUT2D eigenvalue weighted by Gasteiger charge is -2.30. The highest BCUT2D eigenvalue weighted by Crippen LogP contribution is 2.25. The van der Waals surface area contributed by atoms with Crippen molar-refractivity contribution >= 4 is 33.2 Å². The van der Waals surface area contributed by atoms with Gasteiger partial charge in [-0.1, -0.05) is 44.2 Å². The molecule has 2 unspecified atom stereocenters. The van der Waals surface area contributed by atoms with Gasteiger partial charge in [-0.05, 0) is 43.9 Å². The van der Waals surface area contributed by atoms with Crippen molar-refractivity contribution < 1.29 is 32.2 Å². The molecule has 4 N–H and O–H groups in total. The number of nitrogens with two attached hydrogens (primary N) is 1. The summed E-state index contributed by atoms with van der Waals surface area (Å²) in [6, 6.07) is 12.6. The van der Waals surface area contributed by atoms with E-state index in [-0.39, 0.29) is 55.1 Å². The van der Waals surface area contributed by atoms with Gasteiger partial charge in [0, 0.05) is 42.7 Å². The van der Waals surface area contributed by atoms with Crippen LogP contribution in [-0.2, 0) is 21.2 Å². The van der Waals surface area contributed by atoms with E-state index in [0.29, 0.717) is 11.3 Å². The number of rotatable bonds is 14. The molecule has 2 aromatic carbocycles. The van der Waals surface area contributed by atoms with Gasteiger partial charge in [0.2, 0.25) is 10.0 Å². The number of hydrogen-bond acceptors (Lipinski definition) is 10. The van der Waals surface area contributed by atoms with Crippen LogP contribution in [0, 0.1) is 19.8 Å². The quantitative estimate of drug-likeness (QED) is 0.175. The van der Waals surface area contributed by atoms with Crippen molar-refractivity contribution in [1.29, 1.82) is 0 Å². The van der Waals surface area contributed by atoms with Crippen LogP contribution in [0.4, 0.5) is 10.8 Å². The number of carbonyl (C=O) groups is 1. The summed E-state index contributed by atoms with van der Waals surface area (Å²) in [5.41, 5.74) is 8.87. The largest absolute Gasteiger partial charge is 0.489 e. The second kappa shape index (κ2) is 14.5. The Morgan fingerprint density at radius 1 is 1.07 bits per heavy atom. The topological polar surface area (TPSA) is 170 Å². The van der Waals surface area contributed by atoms with Crippen molar-refractivity contribution in [2.45, 2.75) is 51.2 Å². The number of benzene rings is 2. The maximum atomic E-state index is 13.8. The lowest BCUT2D eigenvalue weighted by Crippen LogP contribution is -2.51. The van der Waals surface area contributed by atoms with Crippen molar-refractivity contribution in [3.8, 4) is 5.75 Å². The van der Waals surface area contributed by atoms with Crippen molar-refractivity contribution in [3.05, 3.63) is 77.6 Å². The molecule has 13 heteroatoms. The van der Waals surface area contributed by atoms with E-state index < -0.39 is 28.3 Å². The maximum Gasteiger partial charge on any atom is 0.407 e. The smallest absolute Gasteiger partial charge is 0.407 e. The number of aromatic nitrogens is 2. The van der Waals surface area contributed by atoms with Crippen LogP contribution in [0.15, 0.2) is 70.2 Å². The van der Waals surface area contributed by atoms with E-state index in [0.717, 1.165) is 16.7 Å². The SMILES string of the molecule is Cc1cncc(C)c1OCCOC(=O)NC(Cc1ccccc1)C(O)CN(CC(C)C)S(=O)(=O)c1ccc2nc(N)oc2c1. The zero-order valence-corrected chi connectivity index (χ0v) is 26.1. The van der Waals surface area contributed by atoms with Crippen LogP contribution in [0.5, 0.6) is 5.75 Å². The number of pyridine rings is 1. The number of amides is 1. The van der Waals surface area contributed by atoms with Crippen LogP contribution < -0.4 is 15.8 Å². The molecule has 12 nitrogen and oxygen atoms in total. The van der Waals surface area contributed by atoms with Crippen LogP contribution in [0.3, 0.4) is 0 Å². The predicted molar refractivity (Wildman–Crippen MR) is 166 cm³/mol. The van der Waals surface area contributed by atoms with Crippen molar-refractivity contribution in [1.82, 2.24) is 19.6 Å². The molecule has 0 aliphatic rings. The Bertz CT molecular complexity index is 1640. The summed E-state index contributed by atoms with van der Waals surface area (Å²) in [4.78, 5) is 20.9. The molecule has 0 fully saturated rings. The number of nitrogen functional groups attached to an aromatic ring is 1. The molecule has 0 spiro atoms. The Morgan fingerprint density at radius 3 is 2.45 bits per heavy atom. The number of ether oxygens (including phenoxy) is 2. The van der Waals surface area contributed by atoms with E-state index in [1.807, 2.05) is 58.0 Å². The summed E-state index contributed by atoms with van der Waals surface area (Å²) in [6.45, 7) is 7.44. The van der Waals surface area contributed by atoms with E-state index in [1.165, 1.54) is 22.5 Å². The first kappa shape index (κ1) is 32.7. The highest BCUT2D eigenvalue weighted by atomic mass is 32.2. The summed E-state index contributed by atoms with van der Waals surface area (Å²) in [5.74, 6) is 0.624. The first-order chi connectivity index (χ1) is 20.9. The van der Waals surface area contributed by atoms with E-state index >= 15 is 0 Å². The van der Waals surface area contributed by atoms with Crippen LogP contribution in [-0.4, -0.2) is 72.3 Å². The first-order valence-electron chi connectivity index (χ1n) is 14.3. The van der Waals surface area contributed by atoms with Gasteiger partial charge in [0.25, 0.3) is 6.01 Å². The van der Waals surface area contributed by atoms with Crippen LogP contribution in [0.2, 0.25) is 0 Å². The third kappa shape index (κ3) is 8.46. The molecule has 0 radical (unpaired) electrons. The van der Waals surface area contributed by atoms with Gasteiger partial charge in [-0.25, -0.2) is 13.2 Å². The summed E-state index contributed by atoms with van der Waals surface area (Å²) in [6.07, 6.45) is 1.58. The van der Waals surface area contributed by atoms with Gasteiger partial charge in [-0.2, -0.15) is 9.29 Å². The minimum atomic E-state index is -4.08. The van der Waals surface area contributed by atoms with Gasteiger partial charge in [0.15, 0.2) is 5.58 Å². The fourth-order valence-corrected chi connectivity index (χ4v) is 6.42. The molecular weight excluding hydrogens is 586 g/mol. The van der Waals surface area contributed by atoms with E-state index in [9.17, 15) is 18.3 Å². The fraction of sp³-hybridized carbons (Fsp3) is 0.387. The number of sulfonamides is 1. The average molecular weight is 626 g/mol. The lowest BCUT2D eigenvalue weighted by atomic mass is 10.0. The molecule has 2 atom stereocenters. The Morgan fingerprint density at radius 2 is 1.77 bits per heavy atom. The zero-order valence-electron chi connectivity index (χ0n) is 25.3. The molecule has 0 aliphatic heterocycles. The molecule has 4 aromatic rings. The minimum absolute atomic E-state index is 0.0272.